The third kappa shape index (κ3) is 4.03. The van der Waals surface area contributed by atoms with Gasteiger partial charge in [-0.3, -0.25) is 14.2 Å². The second kappa shape index (κ2) is 9.25. The minimum absolute atomic E-state index is 0.0513. The zero-order valence-electron chi connectivity index (χ0n) is 20.0. The summed E-state index contributed by atoms with van der Waals surface area (Å²) in [5.41, 5.74) is 2.73. The maximum Gasteiger partial charge on any atom is 0.265 e. The van der Waals surface area contributed by atoms with E-state index in [9.17, 15) is 9.59 Å². The maximum atomic E-state index is 13.5. The monoisotopic (exact) mass is 469 g/mol. The van der Waals surface area contributed by atoms with Gasteiger partial charge in [-0.2, -0.15) is 0 Å². The van der Waals surface area contributed by atoms with Crippen molar-refractivity contribution in [1.29, 1.82) is 0 Å². The Morgan fingerprint density at radius 2 is 1.77 bits per heavy atom. The van der Waals surface area contributed by atoms with Crippen LogP contribution in [0.4, 0.5) is 0 Å². The van der Waals surface area contributed by atoms with Crippen LogP contribution >= 0.6 is 0 Å². The maximum absolute atomic E-state index is 13.5. The van der Waals surface area contributed by atoms with Crippen molar-refractivity contribution in [3.8, 4) is 17.2 Å². The number of benzene rings is 3. The highest BCUT2D eigenvalue weighted by molar-refractivity contribution is 5.95. The molecule has 5 rings (SSSR count). The average Bonchev–Trinajstić information content (AvgIpc) is 3.38. The number of likely N-dealkylation sites (tertiary alicyclic amines) is 1. The van der Waals surface area contributed by atoms with E-state index in [1.165, 1.54) is 0 Å². The van der Waals surface area contributed by atoms with Gasteiger partial charge in [-0.15, -0.1) is 0 Å². The number of hydrogen-bond donors (Lipinski definition) is 0. The van der Waals surface area contributed by atoms with E-state index in [0.29, 0.717) is 34.5 Å². The summed E-state index contributed by atoms with van der Waals surface area (Å²) in [5, 5.41) is 0.561. The Balaban J connectivity index is 1.46. The number of amides is 1. The number of ether oxygens (including phenoxy) is 2. The molecule has 7 nitrogen and oxygen atoms in total. The second-order valence-electron chi connectivity index (χ2n) is 8.63. The smallest absolute Gasteiger partial charge is 0.265 e. The van der Waals surface area contributed by atoms with Crippen molar-refractivity contribution >= 4 is 16.8 Å². The Bertz CT molecular complexity index is 1460. The number of carbonyl (C=O) groups excluding carboxylic acids is 1. The number of fused-ring (bicyclic) bond motifs is 1. The first-order valence-corrected chi connectivity index (χ1v) is 11.6. The molecule has 3 aromatic carbocycles. The lowest BCUT2D eigenvalue weighted by atomic mass is 10.0. The molecule has 0 N–H and O–H groups in total. The molecule has 1 aliphatic rings. The third-order valence-electron chi connectivity index (χ3n) is 6.63. The lowest BCUT2D eigenvalue weighted by molar-refractivity contribution is 0.0734. The van der Waals surface area contributed by atoms with Crippen LogP contribution in [0, 0.1) is 6.92 Å². The molecule has 7 heteroatoms. The summed E-state index contributed by atoms with van der Waals surface area (Å²) >= 11 is 0. The fourth-order valence-electron chi connectivity index (χ4n) is 4.90. The van der Waals surface area contributed by atoms with Crippen molar-refractivity contribution in [3.63, 3.8) is 0 Å². The predicted molar refractivity (Wildman–Crippen MR) is 135 cm³/mol. The first-order chi connectivity index (χ1) is 17.0. The Labute approximate surface area is 203 Å². The topological polar surface area (TPSA) is 73.7 Å². The van der Waals surface area contributed by atoms with Crippen molar-refractivity contribution in [3.05, 3.63) is 94.0 Å². The first kappa shape index (κ1) is 22.7. The van der Waals surface area contributed by atoms with Crippen LogP contribution in [-0.4, -0.2) is 41.1 Å². The lowest BCUT2D eigenvalue weighted by Gasteiger charge is -2.27. The highest BCUT2D eigenvalue weighted by Gasteiger charge is 2.32. The number of hydrogen-bond acceptors (Lipinski definition) is 5. The summed E-state index contributed by atoms with van der Waals surface area (Å²) in [5.74, 6) is 2.01. The summed E-state index contributed by atoms with van der Waals surface area (Å²) in [4.78, 5) is 33.1. The molecule has 0 bridgehead atoms. The summed E-state index contributed by atoms with van der Waals surface area (Å²) < 4.78 is 12.6. The lowest BCUT2D eigenvalue weighted by Crippen LogP contribution is -2.31. The first-order valence-electron chi connectivity index (χ1n) is 11.6. The van der Waals surface area contributed by atoms with Crippen molar-refractivity contribution in [2.24, 2.45) is 0 Å². The molecule has 0 aliphatic carbocycles. The molecule has 4 aromatic rings. The number of aromatic nitrogens is 2. The standard InChI is InChI=1S/C28H27N3O4/c1-18-29-24-8-5-4-7-22(24)28(33)31(18)20-12-10-19(11-13-20)27(32)30-16-6-9-25(30)23-17-21(34-2)14-15-26(23)35-3/h4-5,7-8,10-15,17,25H,6,9,16H2,1-3H3. The van der Waals surface area contributed by atoms with Gasteiger partial charge in [0.25, 0.3) is 11.5 Å². The number of methoxy groups -OCH3 is 2. The highest BCUT2D eigenvalue weighted by Crippen LogP contribution is 2.39. The van der Waals surface area contributed by atoms with E-state index in [1.54, 1.807) is 49.1 Å². The molecular formula is C28H27N3O4. The van der Waals surface area contributed by atoms with E-state index in [4.69, 9.17) is 9.47 Å². The molecule has 1 aromatic heterocycles. The molecule has 1 saturated heterocycles. The van der Waals surface area contributed by atoms with Gasteiger partial charge in [0.15, 0.2) is 0 Å². The van der Waals surface area contributed by atoms with Gasteiger partial charge in [0.05, 0.1) is 36.9 Å². The van der Waals surface area contributed by atoms with Crippen molar-refractivity contribution in [1.82, 2.24) is 14.5 Å². The summed E-state index contributed by atoms with van der Waals surface area (Å²) in [7, 11) is 3.26. The van der Waals surface area contributed by atoms with E-state index in [-0.39, 0.29) is 17.5 Å². The van der Waals surface area contributed by atoms with Crippen LogP contribution in [-0.2, 0) is 0 Å². The van der Waals surface area contributed by atoms with Gasteiger partial charge in [0.2, 0.25) is 0 Å². The van der Waals surface area contributed by atoms with Gasteiger partial charge in [0, 0.05) is 17.7 Å². The molecule has 0 radical (unpaired) electrons. The average molecular weight is 470 g/mol. The number of carbonyl (C=O) groups is 1. The summed E-state index contributed by atoms with van der Waals surface area (Å²) in [6, 6.07) is 20.0. The molecule has 1 aliphatic heterocycles. The Morgan fingerprint density at radius 1 is 1.00 bits per heavy atom. The molecule has 2 heterocycles. The minimum atomic E-state index is -0.128. The molecule has 1 atom stereocenters. The van der Waals surface area contributed by atoms with Gasteiger partial charge in [-0.1, -0.05) is 12.1 Å². The molecule has 0 spiro atoms. The van der Waals surface area contributed by atoms with Crippen LogP contribution in [0.1, 0.15) is 40.6 Å². The summed E-state index contributed by atoms with van der Waals surface area (Å²) in [6.07, 6.45) is 1.76. The quantitative estimate of drug-likeness (QED) is 0.424. The highest BCUT2D eigenvalue weighted by atomic mass is 16.5. The van der Waals surface area contributed by atoms with Crippen molar-refractivity contribution in [2.75, 3.05) is 20.8 Å². The van der Waals surface area contributed by atoms with Crippen LogP contribution in [0.25, 0.3) is 16.6 Å². The number of para-hydroxylation sites is 1. The normalized spacial score (nSPS) is 15.4. The molecule has 1 amide bonds. The zero-order chi connectivity index (χ0) is 24.5. The molecule has 0 saturated carbocycles. The van der Waals surface area contributed by atoms with Crippen molar-refractivity contribution < 1.29 is 14.3 Å². The van der Waals surface area contributed by atoms with E-state index in [1.807, 2.05) is 48.2 Å². The van der Waals surface area contributed by atoms with Crippen LogP contribution in [0.2, 0.25) is 0 Å². The van der Waals surface area contributed by atoms with E-state index >= 15 is 0 Å². The number of aryl methyl sites for hydroxylation is 1. The molecular weight excluding hydrogens is 442 g/mol. The molecule has 1 fully saturated rings. The SMILES string of the molecule is COc1ccc(OC)c(C2CCCN2C(=O)c2ccc(-n3c(C)nc4ccccc4c3=O)cc2)c1. The zero-order valence-corrected chi connectivity index (χ0v) is 20.0. The Morgan fingerprint density at radius 3 is 2.51 bits per heavy atom. The Kier molecular flexibility index (Phi) is 5.99. The van der Waals surface area contributed by atoms with Gasteiger partial charge in [0.1, 0.15) is 17.3 Å². The van der Waals surface area contributed by atoms with Gasteiger partial charge in [-0.25, -0.2) is 4.98 Å². The van der Waals surface area contributed by atoms with Gasteiger partial charge < -0.3 is 14.4 Å². The third-order valence-corrected chi connectivity index (χ3v) is 6.63. The number of rotatable bonds is 5. The fraction of sp³-hybridized carbons (Fsp3) is 0.250. The molecule has 1 unspecified atom stereocenters. The van der Waals surface area contributed by atoms with Crippen LogP contribution in [0.15, 0.2) is 71.5 Å². The minimum Gasteiger partial charge on any atom is -0.497 e. The van der Waals surface area contributed by atoms with Crippen molar-refractivity contribution in [2.45, 2.75) is 25.8 Å². The van der Waals surface area contributed by atoms with Crippen LogP contribution in [0.5, 0.6) is 11.5 Å². The van der Waals surface area contributed by atoms with Crippen LogP contribution in [0.3, 0.4) is 0 Å². The predicted octanol–water partition coefficient (Wildman–Crippen LogP) is 4.69. The summed E-state index contributed by atoms with van der Waals surface area (Å²) in [6.45, 7) is 2.47. The van der Waals surface area contributed by atoms with Gasteiger partial charge >= 0.3 is 0 Å². The largest absolute Gasteiger partial charge is 0.497 e. The molecule has 178 valence electrons. The van der Waals surface area contributed by atoms with E-state index in [2.05, 4.69) is 4.98 Å². The van der Waals surface area contributed by atoms with Crippen LogP contribution < -0.4 is 15.0 Å². The number of nitrogens with zero attached hydrogens (tertiary/aromatic N) is 3. The fourth-order valence-corrected chi connectivity index (χ4v) is 4.90. The Hall–Kier alpha value is -4.13. The molecule has 35 heavy (non-hydrogen) atoms. The second-order valence-corrected chi connectivity index (χ2v) is 8.63. The van der Waals surface area contributed by atoms with E-state index in [0.717, 1.165) is 29.9 Å². The van der Waals surface area contributed by atoms with E-state index < -0.39 is 0 Å². The van der Waals surface area contributed by atoms with Gasteiger partial charge in [-0.05, 0) is 74.4 Å².